The molecule has 0 atom stereocenters. The summed E-state index contributed by atoms with van der Waals surface area (Å²) in [5, 5.41) is 19.1. The van der Waals surface area contributed by atoms with Gasteiger partial charge in [0.1, 0.15) is 5.69 Å². The number of aromatic amines is 1. The number of hydrogen-bond acceptors (Lipinski definition) is 6. The first-order valence-corrected chi connectivity index (χ1v) is 5.09. The molecular formula is C9H10N6O4. The minimum absolute atomic E-state index is 0.0770. The van der Waals surface area contributed by atoms with E-state index in [2.05, 4.69) is 20.5 Å². The summed E-state index contributed by atoms with van der Waals surface area (Å²) >= 11 is 0. The summed E-state index contributed by atoms with van der Waals surface area (Å²) in [6, 6.07) is 1.25. The lowest BCUT2D eigenvalue weighted by molar-refractivity contribution is -0.384. The zero-order valence-electron chi connectivity index (χ0n) is 10.1. The second-order valence-corrected chi connectivity index (χ2v) is 3.58. The van der Waals surface area contributed by atoms with Crippen molar-refractivity contribution >= 4 is 17.5 Å². The second kappa shape index (κ2) is 4.76. The van der Waals surface area contributed by atoms with Gasteiger partial charge in [0.15, 0.2) is 0 Å². The molecule has 10 heteroatoms. The monoisotopic (exact) mass is 266 g/mol. The molecule has 2 heterocycles. The van der Waals surface area contributed by atoms with Gasteiger partial charge in [-0.05, 0) is 0 Å². The summed E-state index contributed by atoms with van der Waals surface area (Å²) in [5.74, 6) is -0.458. The summed E-state index contributed by atoms with van der Waals surface area (Å²) in [6.45, 7) is 0. The van der Waals surface area contributed by atoms with Crippen molar-refractivity contribution < 1.29 is 14.5 Å². The molecular weight excluding hydrogens is 256 g/mol. The van der Waals surface area contributed by atoms with Gasteiger partial charge in [-0.2, -0.15) is 4.98 Å². The number of nitro groups is 1. The normalized spacial score (nSPS) is 10.2. The van der Waals surface area contributed by atoms with Crippen molar-refractivity contribution in [2.45, 2.75) is 0 Å². The molecule has 100 valence electrons. The number of nitrogens with one attached hydrogen (secondary N) is 2. The number of amides is 1. The van der Waals surface area contributed by atoms with Crippen LogP contribution in [0.3, 0.4) is 0 Å². The third kappa shape index (κ3) is 2.51. The first-order chi connectivity index (χ1) is 9.01. The second-order valence-electron chi connectivity index (χ2n) is 3.58. The molecule has 0 aliphatic carbocycles. The molecule has 1 amide bonds. The van der Waals surface area contributed by atoms with E-state index in [9.17, 15) is 14.9 Å². The minimum atomic E-state index is -0.575. The van der Waals surface area contributed by atoms with Gasteiger partial charge >= 0.3 is 6.01 Å². The SMILES string of the molecule is COc1n[nH]c(NC(=O)c2cc([N+](=O)[O-])cn2C)n1. The van der Waals surface area contributed by atoms with Crippen LogP contribution in [0.25, 0.3) is 0 Å². The average molecular weight is 266 g/mol. The zero-order chi connectivity index (χ0) is 14.0. The Hall–Kier alpha value is -2.91. The fourth-order valence-electron chi connectivity index (χ4n) is 1.44. The molecule has 0 saturated carbocycles. The van der Waals surface area contributed by atoms with Crippen molar-refractivity contribution in [2.75, 3.05) is 12.4 Å². The fourth-order valence-corrected chi connectivity index (χ4v) is 1.44. The number of aromatic nitrogens is 4. The lowest BCUT2D eigenvalue weighted by atomic mass is 10.4. The summed E-state index contributed by atoms with van der Waals surface area (Å²) in [7, 11) is 2.91. The van der Waals surface area contributed by atoms with E-state index < -0.39 is 10.8 Å². The Kier molecular flexibility index (Phi) is 3.14. The van der Waals surface area contributed by atoms with E-state index in [1.165, 1.54) is 31.0 Å². The number of anilines is 1. The highest BCUT2D eigenvalue weighted by Gasteiger charge is 2.18. The van der Waals surface area contributed by atoms with E-state index in [0.717, 1.165) is 0 Å². The Morgan fingerprint density at radius 1 is 1.63 bits per heavy atom. The third-order valence-electron chi connectivity index (χ3n) is 2.31. The predicted octanol–water partition coefficient (Wildman–Crippen LogP) is 0.312. The molecule has 2 aromatic rings. The Morgan fingerprint density at radius 3 is 2.89 bits per heavy atom. The molecule has 0 aliphatic heterocycles. The van der Waals surface area contributed by atoms with Gasteiger partial charge in [0.05, 0.1) is 18.2 Å². The molecule has 0 saturated heterocycles. The molecule has 0 bridgehead atoms. The lowest BCUT2D eigenvalue weighted by Crippen LogP contribution is -2.16. The van der Waals surface area contributed by atoms with Crippen molar-refractivity contribution in [3.05, 3.63) is 28.1 Å². The molecule has 0 unspecified atom stereocenters. The van der Waals surface area contributed by atoms with Crippen LogP contribution in [0.1, 0.15) is 10.5 Å². The third-order valence-corrected chi connectivity index (χ3v) is 2.31. The van der Waals surface area contributed by atoms with Gasteiger partial charge in [-0.1, -0.05) is 0 Å². The summed E-state index contributed by atoms with van der Waals surface area (Å²) < 4.78 is 6.09. The number of aryl methyl sites for hydroxylation is 1. The van der Waals surface area contributed by atoms with Gasteiger partial charge < -0.3 is 9.30 Å². The maximum atomic E-state index is 11.9. The molecule has 10 nitrogen and oxygen atoms in total. The summed E-state index contributed by atoms with van der Waals surface area (Å²) in [5.41, 5.74) is -0.0372. The fraction of sp³-hybridized carbons (Fsp3) is 0.222. The number of hydrogen-bond donors (Lipinski definition) is 2. The Balaban J connectivity index is 2.17. The molecule has 2 N–H and O–H groups in total. The van der Waals surface area contributed by atoms with Crippen LogP contribution in [0, 0.1) is 10.1 Å². The van der Waals surface area contributed by atoms with Crippen molar-refractivity contribution in [3.8, 4) is 6.01 Å². The lowest BCUT2D eigenvalue weighted by Gasteiger charge is -2.01. The van der Waals surface area contributed by atoms with Crippen LogP contribution in [0.15, 0.2) is 12.3 Å². The molecule has 19 heavy (non-hydrogen) atoms. The smallest absolute Gasteiger partial charge is 0.336 e. The molecule has 0 fully saturated rings. The molecule has 2 rings (SSSR count). The number of carbonyl (C=O) groups excluding carboxylic acids is 1. The minimum Gasteiger partial charge on any atom is -0.466 e. The Labute approximate surface area is 106 Å². The molecule has 0 aromatic carbocycles. The van der Waals surface area contributed by atoms with Crippen LogP contribution in [0.2, 0.25) is 0 Å². The van der Waals surface area contributed by atoms with Crippen molar-refractivity contribution in [2.24, 2.45) is 7.05 Å². The van der Waals surface area contributed by atoms with E-state index in [1.54, 1.807) is 0 Å². The topological polar surface area (TPSA) is 128 Å². The molecule has 0 spiro atoms. The first kappa shape index (κ1) is 12.5. The quantitative estimate of drug-likeness (QED) is 0.605. The number of nitrogens with zero attached hydrogens (tertiary/aromatic N) is 4. The number of methoxy groups -OCH3 is 1. The first-order valence-electron chi connectivity index (χ1n) is 5.09. The number of H-pyrrole nitrogens is 1. The van der Waals surface area contributed by atoms with Gasteiger partial charge in [0, 0.05) is 13.1 Å². The molecule has 0 radical (unpaired) electrons. The summed E-state index contributed by atoms with van der Waals surface area (Å²) in [4.78, 5) is 25.7. The standard InChI is InChI=1S/C9H10N6O4/c1-14-4-5(15(17)18)3-6(14)7(16)10-8-11-9(19-2)13-12-8/h3-4H,1-2H3,(H2,10,11,12,13,16). The predicted molar refractivity (Wildman–Crippen MR) is 63.0 cm³/mol. The van der Waals surface area contributed by atoms with Crippen LogP contribution < -0.4 is 10.1 Å². The Morgan fingerprint density at radius 2 is 2.37 bits per heavy atom. The maximum absolute atomic E-state index is 11.9. The van der Waals surface area contributed by atoms with Crippen LogP contribution in [0.5, 0.6) is 6.01 Å². The number of carbonyl (C=O) groups is 1. The largest absolute Gasteiger partial charge is 0.466 e. The number of ether oxygens (including phenoxy) is 1. The number of rotatable bonds is 4. The van der Waals surface area contributed by atoms with Crippen LogP contribution in [-0.2, 0) is 7.05 Å². The highest BCUT2D eigenvalue weighted by atomic mass is 16.6. The van der Waals surface area contributed by atoms with Gasteiger partial charge in [-0.15, -0.1) is 5.10 Å². The van der Waals surface area contributed by atoms with Gasteiger partial charge in [-0.3, -0.25) is 20.2 Å². The van der Waals surface area contributed by atoms with E-state index in [0.29, 0.717) is 0 Å². The highest BCUT2D eigenvalue weighted by Crippen LogP contribution is 2.16. The Bertz CT molecular complexity index is 630. The van der Waals surface area contributed by atoms with Crippen LogP contribution >= 0.6 is 0 Å². The van der Waals surface area contributed by atoms with E-state index in [1.807, 2.05) is 0 Å². The van der Waals surface area contributed by atoms with Crippen molar-refractivity contribution in [1.29, 1.82) is 0 Å². The molecule has 0 aliphatic rings. The summed E-state index contributed by atoms with van der Waals surface area (Å²) in [6.07, 6.45) is 1.25. The van der Waals surface area contributed by atoms with E-state index in [4.69, 9.17) is 4.74 Å². The average Bonchev–Trinajstić information content (AvgIpc) is 2.95. The van der Waals surface area contributed by atoms with Gasteiger partial charge in [0.25, 0.3) is 11.6 Å². The van der Waals surface area contributed by atoms with Gasteiger partial charge in [0.2, 0.25) is 5.95 Å². The molecule has 2 aromatic heterocycles. The van der Waals surface area contributed by atoms with Crippen LogP contribution in [0.4, 0.5) is 11.6 Å². The van der Waals surface area contributed by atoms with Crippen molar-refractivity contribution in [1.82, 2.24) is 19.7 Å². The van der Waals surface area contributed by atoms with E-state index in [-0.39, 0.29) is 23.3 Å². The maximum Gasteiger partial charge on any atom is 0.336 e. The van der Waals surface area contributed by atoms with Gasteiger partial charge in [-0.25, -0.2) is 5.10 Å². The van der Waals surface area contributed by atoms with Crippen molar-refractivity contribution in [3.63, 3.8) is 0 Å². The zero-order valence-corrected chi connectivity index (χ0v) is 10.1. The highest BCUT2D eigenvalue weighted by molar-refractivity contribution is 6.02. The van der Waals surface area contributed by atoms with E-state index >= 15 is 0 Å². The van der Waals surface area contributed by atoms with Crippen LogP contribution in [-0.4, -0.2) is 37.7 Å².